The summed E-state index contributed by atoms with van der Waals surface area (Å²) in [4.78, 5) is 12.0. The van der Waals surface area contributed by atoms with E-state index in [4.69, 9.17) is 5.73 Å². The molecule has 0 spiro atoms. The van der Waals surface area contributed by atoms with E-state index in [9.17, 15) is 14.3 Å². The standard InChI is InChI=1S/C14H21FN2O2/c1-3-14(4-2,9-18)8-17-13(19)11-6-5-10(15)7-12(11)16/h5-7,18H,3-4,8-9,16H2,1-2H3,(H,17,19). The van der Waals surface area contributed by atoms with Crippen molar-refractivity contribution >= 4 is 11.6 Å². The van der Waals surface area contributed by atoms with Crippen LogP contribution >= 0.6 is 0 Å². The molecule has 19 heavy (non-hydrogen) atoms. The molecule has 0 saturated heterocycles. The maximum atomic E-state index is 12.9. The van der Waals surface area contributed by atoms with E-state index in [1.165, 1.54) is 12.1 Å². The first kappa shape index (κ1) is 15.4. The zero-order valence-corrected chi connectivity index (χ0v) is 11.4. The molecular formula is C14H21FN2O2. The molecule has 0 unspecified atom stereocenters. The van der Waals surface area contributed by atoms with Gasteiger partial charge in [-0.05, 0) is 31.0 Å². The highest BCUT2D eigenvalue weighted by Gasteiger charge is 2.26. The van der Waals surface area contributed by atoms with Crippen molar-refractivity contribution in [2.24, 2.45) is 5.41 Å². The number of nitrogens with one attached hydrogen (secondary N) is 1. The first-order valence-electron chi connectivity index (χ1n) is 6.42. The average Bonchev–Trinajstić information content (AvgIpc) is 2.40. The normalized spacial score (nSPS) is 11.4. The van der Waals surface area contributed by atoms with E-state index in [1.807, 2.05) is 13.8 Å². The molecule has 1 aromatic rings. The lowest BCUT2D eigenvalue weighted by Crippen LogP contribution is -2.39. The van der Waals surface area contributed by atoms with Crippen LogP contribution in [0.5, 0.6) is 0 Å². The Labute approximate surface area is 112 Å². The van der Waals surface area contributed by atoms with Gasteiger partial charge in [-0.25, -0.2) is 4.39 Å². The van der Waals surface area contributed by atoms with Gasteiger partial charge < -0.3 is 16.2 Å². The molecular weight excluding hydrogens is 247 g/mol. The minimum absolute atomic E-state index is 0.0131. The number of rotatable bonds is 6. The van der Waals surface area contributed by atoms with E-state index in [0.29, 0.717) is 6.54 Å². The summed E-state index contributed by atoms with van der Waals surface area (Å²) < 4.78 is 12.9. The van der Waals surface area contributed by atoms with E-state index in [0.717, 1.165) is 18.9 Å². The van der Waals surface area contributed by atoms with Crippen molar-refractivity contribution in [3.63, 3.8) is 0 Å². The molecule has 1 amide bonds. The third-order valence-corrected chi connectivity index (χ3v) is 3.72. The Bertz CT molecular complexity index is 437. The monoisotopic (exact) mass is 268 g/mol. The van der Waals surface area contributed by atoms with Crippen molar-refractivity contribution in [3.05, 3.63) is 29.6 Å². The maximum Gasteiger partial charge on any atom is 0.253 e. The summed E-state index contributed by atoms with van der Waals surface area (Å²) in [5.41, 5.74) is 5.66. The topological polar surface area (TPSA) is 75.3 Å². The lowest BCUT2D eigenvalue weighted by Gasteiger charge is -2.29. The molecule has 0 radical (unpaired) electrons. The number of halogens is 1. The molecule has 0 aliphatic heterocycles. The molecule has 0 aromatic heterocycles. The quantitative estimate of drug-likeness (QED) is 0.690. The summed E-state index contributed by atoms with van der Waals surface area (Å²) >= 11 is 0. The summed E-state index contributed by atoms with van der Waals surface area (Å²) in [6, 6.07) is 3.68. The van der Waals surface area contributed by atoms with Gasteiger partial charge in [0.2, 0.25) is 0 Å². The number of amides is 1. The number of carbonyl (C=O) groups is 1. The van der Waals surface area contributed by atoms with E-state index in [2.05, 4.69) is 5.32 Å². The fraction of sp³-hybridized carbons (Fsp3) is 0.500. The Hall–Kier alpha value is -1.62. The largest absolute Gasteiger partial charge is 0.398 e. The molecule has 106 valence electrons. The van der Waals surface area contributed by atoms with E-state index in [1.54, 1.807) is 0 Å². The Balaban J connectivity index is 2.75. The first-order chi connectivity index (χ1) is 8.98. The molecule has 4 nitrogen and oxygen atoms in total. The number of carbonyl (C=O) groups excluding carboxylic acids is 1. The minimum Gasteiger partial charge on any atom is -0.398 e. The van der Waals surface area contributed by atoms with Crippen molar-refractivity contribution in [1.29, 1.82) is 0 Å². The summed E-state index contributed by atoms with van der Waals surface area (Å²) in [7, 11) is 0. The van der Waals surface area contributed by atoms with Crippen LogP contribution in [0.15, 0.2) is 18.2 Å². The van der Waals surface area contributed by atoms with Gasteiger partial charge in [-0.15, -0.1) is 0 Å². The van der Waals surface area contributed by atoms with Crippen LogP contribution < -0.4 is 11.1 Å². The van der Waals surface area contributed by atoms with Crippen molar-refractivity contribution in [1.82, 2.24) is 5.32 Å². The number of aliphatic hydroxyl groups is 1. The zero-order valence-electron chi connectivity index (χ0n) is 11.4. The highest BCUT2D eigenvalue weighted by Crippen LogP contribution is 2.24. The molecule has 0 saturated carbocycles. The van der Waals surface area contributed by atoms with E-state index >= 15 is 0 Å². The van der Waals surface area contributed by atoms with Crippen LogP contribution in [-0.4, -0.2) is 24.2 Å². The Kier molecular flexibility index (Phi) is 5.30. The van der Waals surface area contributed by atoms with E-state index < -0.39 is 5.82 Å². The molecule has 1 rings (SSSR count). The molecule has 4 N–H and O–H groups in total. The van der Waals surface area contributed by atoms with Gasteiger partial charge in [0.25, 0.3) is 5.91 Å². The average molecular weight is 268 g/mol. The van der Waals surface area contributed by atoms with Gasteiger partial charge >= 0.3 is 0 Å². The van der Waals surface area contributed by atoms with Crippen LogP contribution in [0.2, 0.25) is 0 Å². The van der Waals surface area contributed by atoms with Crippen molar-refractivity contribution < 1.29 is 14.3 Å². The lowest BCUT2D eigenvalue weighted by atomic mass is 9.83. The van der Waals surface area contributed by atoms with Crippen LogP contribution in [0.25, 0.3) is 0 Å². The van der Waals surface area contributed by atoms with Crippen LogP contribution in [0.1, 0.15) is 37.0 Å². The lowest BCUT2D eigenvalue weighted by molar-refractivity contribution is 0.0852. The predicted molar refractivity (Wildman–Crippen MR) is 73.2 cm³/mol. The highest BCUT2D eigenvalue weighted by molar-refractivity contribution is 5.99. The van der Waals surface area contributed by atoms with E-state index in [-0.39, 0.29) is 29.2 Å². The summed E-state index contributed by atoms with van der Waals surface area (Å²) in [6.07, 6.45) is 1.53. The van der Waals surface area contributed by atoms with Crippen LogP contribution in [0, 0.1) is 11.2 Å². The second-order valence-corrected chi connectivity index (χ2v) is 4.78. The molecule has 5 heteroatoms. The fourth-order valence-electron chi connectivity index (χ4n) is 1.88. The smallest absolute Gasteiger partial charge is 0.253 e. The number of anilines is 1. The maximum absolute atomic E-state index is 12.9. The van der Waals surface area contributed by atoms with Crippen LogP contribution in [0.4, 0.5) is 10.1 Å². The van der Waals surface area contributed by atoms with Gasteiger partial charge in [-0.2, -0.15) is 0 Å². The summed E-state index contributed by atoms with van der Waals surface area (Å²) in [5, 5.41) is 12.2. The number of hydrogen-bond donors (Lipinski definition) is 3. The summed E-state index contributed by atoms with van der Waals surface area (Å²) in [5.74, 6) is -0.821. The third-order valence-electron chi connectivity index (χ3n) is 3.72. The molecule has 0 bridgehead atoms. The highest BCUT2D eigenvalue weighted by atomic mass is 19.1. The third kappa shape index (κ3) is 3.67. The molecule has 0 heterocycles. The minimum atomic E-state index is -0.471. The Morgan fingerprint density at radius 2 is 2.05 bits per heavy atom. The molecule has 0 atom stereocenters. The van der Waals surface area contributed by atoms with Gasteiger partial charge in [0.1, 0.15) is 5.82 Å². The molecule has 0 fully saturated rings. The number of nitrogen functional groups attached to an aromatic ring is 1. The van der Waals surface area contributed by atoms with Crippen LogP contribution in [0.3, 0.4) is 0 Å². The Morgan fingerprint density at radius 1 is 1.42 bits per heavy atom. The van der Waals surface area contributed by atoms with Crippen molar-refractivity contribution in [3.8, 4) is 0 Å². The molecule has 0 aliphatic carbocycles. The predicted octanol–water partition coefficient (Wildman–Crippen LogP) is 1.94. The van der Waals surface area contributed by atoms with Gasteiger partial charge in [0, 0.05) is 17.6 Å². The van der Waals surface area contributed by atoms with Gasteiger partial charge in [-0.3, -0.25) is 4.79 Å². The van der Waals surface area contributed by atoms with Crippen molar-refractivity contribution in [2.75, 3.05) is 18.9 Å². The van der Waals surface area contributed by atoms with Crippen LogP contribution in [-0.2, 0) is 0 Å². The molecule has 1 aromatic carbocycles. The zero-order chi connectivity index (χ0) is 14.5. The van der Waals surface area contributed by atoms with Gasteiger partial charge in [0.05, 0.1) is 12.2 Å². The second-order valence-electron chi connectivity index (χ2n) is 4.78. The fourth-order valence-corrected chi connectivity index (χ4v) is 1.88. The van der Waals surface area contributed by atoms with Gasteiger partial charge in [0.15, 0.2) is 0 Å². The Morgan fingerprint density at radius 3 is 2.53 bits per heavy atom. The summed E-state index contributed by atoms with van der Waals surface area (Å²) in [6.45, 7) is 4.32. The first-order valence-corrected chi connectivity index (χ1v) is 6.42. The number of hydrogen-bond acceptors (Lipinski definition) is 3. The number of aliphatic hydroxyl groups excluding tert-OH is 1. The van der Waals surface area contributed by atoms with Gasteiger partial charge in [-0.1, -0.05) is 13.8 Å². The molecule has 0 aliphatic rings. The number of nitrogens with two attached hydrogens (primary N) is 1. The second kappa shape index (κ2) is 6.52. The number of benzene rings is 1. The van der Waals surface area contributed by atoms with Crippen molar-refractivity contribution in [2.45, 2.75) is 26.7 Å². The SMILES string of the molecule is CCC(CC)(CO)CNC(=O)c1ccc(F)cc1N.